The molecule has 2 heteroatoms. The zero-order chi connectivity index (χ0) is 9.97. The topological polar surface area (TPSA) is 3.24 Å². The molecule has 2 unspecified atom stereocenters. The van der Waals surface area contributed by atoms with E-state index >= 15 is 0 Å². The average Bonchev–Trinajstić information content (AvgIpc) is 2.66. The minimum atomic E-state index is 0.619. The van der Waals surface area contributed by atoms with E-state index in [-0.39, 0.29) is 0 Å². The van der Waals surface area contributed by atoms with Crippen molar-refractivity contribution in [2.24, 2.45) is 5.92 Å². The first-order valence-corrected chi connectivity index (χ1v) is 6.31. The Kier molecular flexibility index (Phi) is 3.51. The maximum absolute atomic E-state index is 5.79. The molecule has 2 rings (SSSR count). The maximum Gasteiger partial charge on any atom is 0.0443 e. The number of nitrogens with zero attached hydrogens (tertiary/aromatic N) is 1. The zero-order valence-corrected chi connectivity index (χ0v) is 9.60. The van der Waals surface area contributed by atoms with E-state index in [1.807, 2.05) is 0 Å². The number of piperidine rings is 1. The van der Waals surface area contributed by atoms with Gasteiger partial charge in [-0.3, -0.25) is 4.90 Å². The van der Waals surface area contributed by atoms with Gasteiger partial charge in [-0.15, -0.1) is 11.6 Å². The molecule has 1 saturated carbocycles. The summed E-state index contributed by atoms with van der Waals surface area (Å²) in [6.07, 6.45) is 7.11. The zero-order valence-electron chi connectivity index (χ0n) is 8.84. The molecule has 0 N–H and O–H groups in total. The molecule has 1 heterocycles. The van der Waals surface area contributed by atoms with Crippen LogP contribution in [0.4, 0.5) is 0 Å². The molecular formula is C12H20ClN. The molecule has 1 aliphatic heterocycles. The van der Waals surface area contributed by atoms with Crippen LogP contribution in [0, 0.1) is 5.92 Å². The predicted molar refractivity (Wildman–Crippen MR) is 61.8 cm³/mol. The molecule has 0 spiro atoms. The Balaban J connectivity index is 1.93. The van der Waals surface area contributed by atoms with Crippen LogP contribution in [-0.4, -0.2) is 29.9 Å². The van der Waals surface area contributed by atoms with Crippen LogP contribution in [0.15, 0.2) is 12.2 Å². The van der Waals surface area contributed by atoms with Crippen LogP contribution < -0.4 is 0 Å². The fourth-order valence-corrected chi connectivity index (χ4v) is 3.17. The van der Waals surface area contributed by atoms with Crippen molar-refractivity contribution in [2.75, 3.05) is 19.0 Å². The Hall–Kier alpha value is -0.0100. The molecule has 2 fully saturated rings. The first kappa shape index (κ1) is 10.5. The molecule has 0 radical (unpaired) electrons. The van der Waals surface area contributed by atoms with Gasteiger partial charge in [-0.05, 0) is 43.7 Å². The lowest BCUT2D eigenvalue weighted by molar-refractivity contribution is 0.124. The van der Waals surface area contributed by atoms with E-state index in [1.54, 1.807) is 0 Å². The highest BCUT2D eigenvalue weighted by molar-refractivity contribution is 6.19. The Labute approximate surface area is 92.1 Å². The number of hydrogen-bond donors (Lipinski definition) is 0. The fourth-order valence-electron chi connectivity index (χ4n) is 3.08. The van der Waals surface area contributed by atoms with Gasteiger partial charge in [0, 0.05) is 18.5 Å². The van der Waals surface area contributed by atoms with Gasteiger partial charge in [0.25, 0.3) is 0 Å². The number of fused-ring (bicyclic) bond motifs is 1. The quantitative estimate of drug-likeness (QED) is 0.515. The lowest BCUT2D eigenvalue weighted by atomic mass is 9.92. The highest BCUT2D eigenvalue weighted by Crippen LogP contribution is 2.36. The molecule has 80 valence electrons. The third-order valence-corrected chi connectivity index (χ3v) is 4.10. The molecule has 0 bridgehead atoms. The van der Waals surface area contributed by atoms with Gasteiger partial charge >= 0.3 is 0 Å². The molecule has 0 aromatic carbocycles. The Bertz CT molecular complexity index is 214. The molecular weight excluding hydrogens is 194 g/mol. The summed E-state index contributed by atoms with van der Waals surface area (Å²) in [6.45, 7) is 6.30. The molecule has 14 heavy (non-hydrogen) atoms. The van der Waals surface area contributed by atoms with Crippen molar-refractivity contribution >= 4 is 11.6 Å². The normalized spacial score (nSPS) is 32.9. The van der Waals surface area contributed by atoms with Crippen LogP contribution in [0.2, 0.25) is 0 Å². The van der Waals surface area contributed by atoms with E-state index in [0.29, 0.717) is 5.88 Å². The lowest BCUT2D eigenvalue weighted by Crippen LogP contribution is -2.43. The minimum Gasteiger partial charge on any atom is -0.296 e. The van der Waals surface area contributed by atoms with E-state index in [4.69, 9.17) is 11.6 Å². The van der Waals surface area contributed by atoms with E-state index < -0.39 is 0 Å². The van der Waals surface area contributed by atoms with Crippen LogP contribution in [0.25, 0.3) is 0 Å². The van der Waals surface area contributed by atoms with Gasteiger partial charge in [-0.1, -0.05) is 13.0 Å². The molecule has 1 nitrogen and oxygen atoms in total. The summed E-state index contributed by atoms with van der Waals surface area (Å²) in [5.74, 6) is 1.60. The van der Waals surface area contributed by atoms with Gasteiger partial charge in [0.1, 0.15) is 0 Å². The first-order chi connectivity index (χ1) is 6.81. The Morgan fingerprint density at radius 3 is 2.86 bits per heavy atom. The van der Waals surface area contributed by atoms with Crippen molar-refractivity contribution in [2.45, 2.75) is 38.1 Å². The number of alkyl halides is 1. The molecule has 2 atom stereocenters. The number of likely N-dealkylation sites (tertiary alicyclic amines) is 1. The number of halogens is 1. The van der Waals surface area contributed by atoms with E-state index in [9.17, 15) is 0 Å². The molecule has 0 aromatic rings. The van der Waals surface area contributed by atoms with Gasteiger partial charge in [-0.2, -0.15) is 0 Å². The predicted octanol–water partition coefficient (Wildman–Crippen LogP) is 3.05. The average molecular weight is 214 g/mol. The van der Waals surface area contributed by atoms with Gasteiger partial charge in [0.15, 0.2) is 0 Å². The largest absolute Gasteiger partial charge is 0.296 e. The van der Waals surface area contributed by atoms with Gasteiger partial charge in [0.05, 0.1) is 0 Å². The fraction of sp³-hybridized carbons (Fsp3) is 0.833. The van der Waals surface area contributed by atoms with Gasteiger partial charge in [0.2, 0.25) is 0 Å². The molecule has 1 aliphatic carbocycles. The van der Waals surface area contributed by atoms with Crippen molar-refractivity contribution in [3.8, 4) is 0 Å². The SMILES string of the molecule is C=C(CCl)CN1CCCC2CCCC21. The lowest BCUT2D eigenvalue weighted by Gasteiger charge is -2.38. The summed E-state index contributed by atoms with van der Waals surface area (Å²) >= 11 is 5.79. The van der Waals surface area contributed by atoms with E-state index in [1.165, 1.54) is 44.2 Å². The van der Waals surface area contributed by atoms with Crippen molar-refractivity contribution in [1.29, 1.82) is 0 Å². The van der Waals surface area contributed by atoms with Crippen LogP contribution in [0.3, 0.4) is 0 Å². The second-order valence-electron chi connectivity index (χ2n) is 4.75. The van der Waals surface area contributed by atoms with Crippen LogP contribution >= 0.6 is 11.6 Å². The summed E-state index contributed by atoms with van der Waals surface area (Å²) < 4.78 is 0. The van der Waals surface area contributed by atoms with Crippen LogP contribution in [0.1, 0.15) is 32.1 Å². The summed E-state index contributed by atoms with van der Waals surface area (Å²) in [5, 5.41) is 0. The third-order valence-electron chi connectivity index (χ3n) is 3.72. The molecule has 0 aromatic heterocycles. The number of hydrogen-bond acceptors (Lipinski definition) is 1. The van der Waals surface area contributed by atoms with Crippen LogP contribution in [0.5, 0.6) is 0 Å². The van der Waals surface area contributed by atoms with Crippen molar-refractivity contribution < 1.29 is 0 Å². The van der Waals surface area contributed by atoms with Crippen molar-refractivity contribution in [3.63, 3.8) is 0 Å². The van der Waals surface area contributed by atoms with Crippen molar-refractivity contribution in [1.82, 2.24) is 4.90 Å². The second kappa shape index (κ2) is 4.67. The summed E-state index contributed by atoms with van der Waals surface area (Å²) in [4.78, 5) is 2.62. The molecule has 1 saturated heterocycles. The van der Waals surface area contributed by atoms with Gasteiger partial charge in [-0.25, -0.2) is 0 Å². The third kappa shape index (κ3) is 2.14. The summed E-state index contributed by atoms with van der Waals surface area (Å²) in [5.41, 5.74) is 1.18. The van der Waals surface area contributed by atoms with Crippen LogP contribution in [-0.2, 0) is 0 Å². The monoisotopic (exact) mass is 213 g/mol. The Morgan fingerprint density at radius 2 is 2.07 bits per heavy atom. The van der Waals surface area contributed by atoms with E-state index in [0.717, 1.165) is 18.5 Å². The van der Waals surface area contributed by atoms with Crippen molar-refractivity contribution in [3.05, 3.63) is 12.2 Å². The minimum absolute atomic E-state index is 0.619. The summed E-state index contributed by atoms with van der Waals surface area (Å²) in [6, 6.07) is 0.851. The number of rotatable bonds is 3. The van der Waals surface area contributed by atoms with Gasteiger partial charge < -0.3 is 0 Å². The second-order valence-corrected chi connectivity index (χ2v) is 5.02. The standard InChI is InChI=1S/C12H20ClN/c1-10(8-13)9-14-7-3-5-11-4-2-6-12(11)14/h11-12H,1-9H2. The molecule has 0 amide bonds. The smallest absolute Gasteiger partial charge is 0.0443 e. The van der Waals surface area contributed by atoms with E-state index in [2.05, 4.69) is 11.5 Å². The summed E-state index contributed by atoms with van der Waals surface area (Å²) in [7, 11) is 0. The maximum atomic E-state index is 5.79. The highest BCUT2D eigenvalue weighted by Gasteiger charge is 2.34. The Morgan fingerprint density at radius 1 is 1.29 bits per heavy atom. The molecule has 2 aliphatic rings. The highest BCUT2D eigenvalue weighted by atomic mass is 35.5. The first-order valence-electron chi connectivity index (χ1n) is 5.78.